The van der Waals surface area contributed by atoms with Crippen LogP contribution in [-0.2, 0) is 14.8 Å². The summed E-state index contributed by atoms with van der Waals surface area (Å²) < 4.78 is 22.4. The van der Waals surface area contributed by atoms with Crippen molar-refractivity contribution in [2.45, 2.75) is 6.92 Å². The van der Waals surface area contributed by atoms with Crippen molar-refractivity contribution in [1.82, 2.24) is 4.72 Å². The van der Waals surface area contributed by atoms with Gasteiger partial charge in [0, 0.05) is 12.3 Å². The van der Waals surface area contributed by atoms with Crippen molar-refractivity contribution in [1.29, 1.82) is 0 Å². The molecule has 0 aliphatic heterocycles. The first-order valence-corrected chi connectivity index (χ1v) is 3.68. The molecule has 0 saturated carbocycles. The normalized spacial score (nSPS) is 10.3. The fourth-order valence-electron chi connectivity index (χ4n) is 0.242. The Bertz CT molecular complexity index is 216. The summed E-state index contributed by atoms with van der Waals surface area (Å²) in [5.74, 6) is -0.616. The van der Waals surface area contributed by atoms with Crippen molar-refractivity contribution in [2.75, 3.05) is 0 Å². The SMILES string of the molecule is C=CS(=O)(=O)NC(C)=O. The molecule has 9 heavy (non-hydrogen) atoms. The molecule has 1 N–H and O–H groups in total. The number of sulfonamides is 1. The van der Waals surface area contributed by atoms with Crippen LogP contribution < -0.4 is 4.72 Å². The third-order valence-corrected chi connectivity index (χ3v) is 1.52. The number of nitrogens with one attached hydrogen (secondary N) is 1. The van der Waals surface area contributed by atoms with Crippen LogP contribution in [0, 0.1) is 0 Å². The zero-order valence-corrected chi connectivity index (χ0v) is 5.73. The molecular weight excluding hydrogens is 142 g/mol. The van der Waals surface area contributed by atoms with Crippen molar-refractivity contribution >= 4 is 15.9 Å². The van der Waals surface area contributed by atoms with Gasteiger partial charge < -0.3 is 0 Å². The van der Waals surface area contributed by atoms with E-state index in [-0.39, 0.29) is 0 Å². The Labute approximate surface area is 53.6 Å². The zero-order chi connectivity index (χ0) is 7.49. The van der Waals surface area contributed by atoms with E-state index in [1.54, 1.807) is 4.72 Å². The third kappa shape index (κ3) is 3.72. The largest absolute Gasteiger partial charge is 0.274 e. The Balaban J connectivity index is 4.23. The van der Waals surface area contributed by atoms with Gasteiger partial charge in [-0.15, -0.1) is 0 Å². The van der Waals surface area contributed by atoms with E-state index in [1.807, 2.05) is 0 Å². The fourth-order valence-corrected chi connectivity index (χ4v) is 0.726. The second-order valence-corrected chi connectivity index (χ2v) is 3.00. The highest BCUT2D eigenvalue weighted by Crippen LogP contribution is 1.81. The van der Waals surface area contributed by atoms with Crippen LogP contribution in [0.5, 0.6) is 0 Å². The summed E-state index contributed by atoms with van der Waals surface area (Å²) >= 11 is 0. The molecule has 0 aromatic carbocycles. The van der Waals surface area contributed by atoms with E-state index in [4.69, 9.17) is 0 Å². The minimum Gasteiger partial charge on any atom is -0.274 e. The van der Waals surface area contributed by atoms with E-state index in [2.05, 4.69) is 6.58 Å². The van der Waals surface area contributed by atoms with Crippen molar-refractivity contribution in [2.24, 2.45) is 0 Å². The summed E-state index contributed by atoms with van der Waals surface area (Å²) in [6, 6.07) is 0. The molecule has 0 aromatic heterocycles. The molecule has 0 aromatic rings. The van der Waals surface area contributed by atoms with E-state index in [9.17, 15) is 13.2 Å². The first-order valence-electron chi connectivity index (χ1n) is 2.14. The minimum absolute atomic E-state index is 0.616. The van der Waals surface area contributed by atoms with E-state index in [0.29, 0.717) is 5.41 Å². The van der Waals surface area contributed by atoms with Gasteiger partial charge >= 0.3 is 0 Å². The zero-order valence-electron chi connectivity index (χ0n) is 4.92. The Kier molecular flexibility index (Phi) is 2.39. The molecule has 0 fully saturated rings. The summed E-state index contributed by atoms with van der Waals surface area (Å²) in [7, 11) is -3.55. The van der Waals surface area contributed by atoms with Crippen molar-refractivity contribution in [3.8, 4) is 0 Å². The van der Waals surface area contributed by atoms with Crippen LogP contribution in [0.2, 0.25) is 0 Å². The summed E-state index contributed by atoms with van der Waals surface area (Å²) in [5, 5.41) is 0.675. The molecule has 0 rings (SSSR count). The van der Waals surface area contributed by atoms with Crippen LogP contribution in [-0.4, -0.2) is 14.3 Å². The second kappa shape index (κ2) is 2.63. The lowest BCUT2D eigenvalue weighted by Crippen LogP contribution is -2.25. The van der Waals surface area contributed by atoms with E-state index < -0.39 is 15.9 Å². The van der Waals surface area contributed by atoms with Gasteiger partial charge in [-0.25, -0.2) is 13.1 Å². The van der Waals surface area contributed by atoms with Crippen LogP contribution >= 0.6 is 0 Å². The van der Waals surface area contributed by atoms with E-state index >= 15 is 0 Å². The Hall–Kier alpha value is -0.840. The molecule has 0 spiro atoms. The molecule has 0 bridgehead atoms. The lowest BCUT2D eigenvalue weighted by molar-refractivity contribution is -0.117. The van der Waals surface area contributed by atoms with Crippen LogP contribution in [0.1, 0.15) is 6.92 Å². The molecular formula is C4H7NO3S. The molecule has 0 radical (unpaired) electrons. The van der Waals surface area contributed by atoms with Crippen LogP contribution in [0.15, 0.2) is 12.0 Å². The lowest BCUT2D eigenvalue weighted by Gasteiger charge is -1.94. The number of hydrogen-bond donors (Lipinski definition) is 1. The summed E-state index contributed by atoms with van der Waals surface area (Å²) in [6.45, 7) is 4.09. The van der Waals surface area contributed by atoms with Crippen molar-refractivity contribution in [3.05, 3.63) is 12.0 Å². The van der Waals surface area contributed by atoms with Gasteiger partial charge in [-0.05, 0) is 0 Å². The van der Waals surface area contributed by atoms with Crippen LogP contribution in [0.4, 0.5) is 0 Å². The fraction of sp³-hybridized carbons (Fsp3) is 0.250. The van der Waals surface area contributed by atoms with Gasteiger partial charge in [-0.2, -0.15) is 0 Å². The second-order valence-electron chi connectivity index (χ2n) is 1.37. The molecule has 5 heteroatoms. The molecule has 0 aliphatic carbocycles. The molecule has 0 atom stereocenters. The molecule has 0 saturated heterocycles. The molecule has 52 valence electrons. The lowest BCUT2D eigenvalue weighted by atomic mass is 10.8. The summed E-state index contributed by atoms with van der Waals surface area (Å²) in [5.41, 5.74) is 0. The first-order chi connectivity index (χ1) is 3.98. The van der Waals surface area contributed by atoms with Gasteiger partial charge in [0.05, 0.1) is 0 Å². The third-order valence-electron chi connectivity index (χ3n) is 0.505. The maximum atomic E-state index is 10.4. The van der Waals surface area contributed by atoms with Gasteiger partial charge in [0.1, 0.15) is 0 Å². The minimum atomic E-state index is -3.55. The average Bonchev–Trinajstić information content (AvgIpc) is 1.63. The van der Waals surface area contributed by atoms with Crippen molar-refractivity contribution < 1.29 is 13.2 Å². The molecule has 1 amide bonds. The molecule has 0 unspecified atom stereocenters. The van der Waals surface area contributed by atoms with Gasteiger partial charge in [-0.3, -0.25) is 4.79 Å². The predicted molar refractivity (Wildman–Crippen MR) is 32.9 cm³/mol. The highest BCUT2D eigenvalue weighted by molar-refractivity contribution is 7.92. The Morgan fingerprint density at radius 2 is 2.11 bits per heavy atom. The predicted octanol–water partition coefficient (Wildman–Crippen LogP) is -0.404. The standard InChI is InChI=1S/C4H7NO3S/c1-3-9(7,8)5-4(2)6/h3H,1H2,2H3,(H,5,6). The maximum Gasteiger partial charge on any atom is 0.256 e. The number of carbonyl (C=O) groups excluding carboxylic acids is 1. The molecule has 0 heterocycles. The van der Waals surface area contributed by atoms with E-state index in [1.165, 1.54) is 0 Å². The van der Waals surface area contributed by atoms with Gasteiger partial charge in [-0.1, -0.05) is 6.58 Å². The average molecular weight is 149 g/mol. The first kappa shape index (κ1) is 8.16. The van der Waals surface area contributed by atoms with Crippen LogP contribution in [0.3, 0.4) is 0 Å². The number of rotatable bonds is 2. The van der Waals surface area contributed by atoms with Gasteiger partial charge in [0.2, 0.25) is 5.91 Å². The van der Waals surface area contributed by atoms with E-state index in [0.717, 1.165) is 6.92 Å². The van der Waals surface area contributed by atoms with Crippen LogP contribution in [0.25, 0.3) is 0 Å². The number of hydrogen-bond acceptors (Lipinski definition) is 3. The van der Waals surface area contributed by atoms with Crippen molar-refractivity contribution in [3.63, 3.8) is 0 Å². The quantitative estimate of drug-likeness (QED) is 0.580. The maximum absolute atomic E-state index is 10.4. The topological polar surface area (TPSA) is 63.2 Å². The highest BCUT2D eigenvalue weighted by Gasteiger charge is 2.03. The Morgan fingerprint density at radius 1 is 1.67 bits per heavy atom. The summed E-state index contributed by atoms with van der Waals surface area (Å²) in [6.07, 6.45) is 0. The van der Waals surface area contributed by atoms with Gasteiger partial charge in [0.25, 0.3) is 10.0 Å². The number of carbonyl (C=O) groups is 1. The monoisotopic (exact) mass is 149 g/mol. The van der Waals surface area contributed by atoms with Gasteiger partial charge in [0.15, 0.2) is 0 Å². The smallest absolute Gasteiger partial charge is 0.256 e. The highest BCUT2D eigenvalue weighted by atomic mass is 32.2. The molecule has 0 aliphatic rings. The number of amides is 1. The summed E-state index contributed by atoms with van der Waals surface area (Å²) in [4.78, 5) is 10.1. The Morgan fingerprint density at radius 3 is 2.22 bits per heavy atom. The molecule has 4 nitrogen and oxygen atoms in total.